The van der Waals surface area contributed by atoms with Crippen LogP contribution in [0, 0.1) is 3.57 Å². The van der Waals surface area contributed by atoms with E-state index in [1.807, 2.05) is 0 Å². The number of hydrogen-bond donors (Lipinski definition) is 2. The van der Waals surface area contributed by atoms with Gasteiger partial charge in [-0.1, -0.05) is 0 Å². The fourth-order valence-electron chi connectivity index (χ4n) is 2.02. The molecule has 0 saturated carbocycles. The number of ether oxygens (including phenoxy) is 2. The Morgan fingerprint density at radius 2 is 1.44 bits per heavy atom. The van der Waals surface area contributed by atoms with Gasteiger partial charge in [0.2, 0.25) is 0 Å². The van der Waals surface area contributed by atoms with Gasteiger partial charge < -0.3 is 20.9 Å². The van der Waals surface area contributed by atoms with Crippen molar-refractivity contribution in [2.45, 2.75) is 13.8 Å². The molecule has 0 aromatic heterocycles. The molecular formula is C18H21IN2O4. The first-order valence-electron chi connectivity index (χ1n) is 7.29. The van der Waals surface area contributed by atoms with E-state index in [0.717, 1.165) is 3.57 Å². The van der Waals surface area contributed by atoms with Crippen molar-refractivity contribution in [3.8, 4) is 11.5 Å². The summed E-state index contributed by atoms with van der Waals surface area (Å²) >= 11 is 2.10. The maximum Gasteiger partial charge on any atom is 0.161 e. The molecule has 6 nitrogen and oxygen atoms in total. The fourth-order valence-corrected chi connectivity index (χ4v) is 2.71. The average molecular weight is 456 g/mol. The standard InChI is InChI=1S/C9H10INO2.C9H11NO2/c1-5(12)6-3-7(10)9(13-2)4-8(6)11;1-6(11)8-4-3-7(12-2)5-9(8)10/h3-4H,11H2,1-2H3;3-5H,10H2,1-2H3. The highest BCUT2D eigenvalue weighted by Gasteiger charge is 2.09. The Hall–Kier alpha value is -2.29. The van der Waals surface area contributed by atoms with Crippen LogP contribution in [0.1, 0.15) is 34.6 Å². The van der Waals surface area contributed by atoms with Gasteiger partial charge in [0.25, 0.3) is 0 Å². The molecule has 134 valence electrons. The van der Waals surface area contributed by atoms with Crippen molar-refractivity contribution >= 4 is 45.5 Å². The van der Waals surface area contributed by atoms with Crippen LogP contribution in [0.2, 0.25) is 0 Å². The predicted octanol–water partition coefficient (Wildman–Crippen LogP) is 3.56. The van der Waals surface area contributed by atoms with E-state index < -0.39 is 0 Å². The number of rotatable bonds is 4. The molecule has 0 heterocycles. The SMILES string of the molecule is COc1cc(N)c(C(C)=O)cc1I.COc1ccc(C(C)=O)c(N)c1. The van der Waals surface area contributed by atoms with E-state index in [2.05, 4.69) is 22.6 Å². The van der Waals surface area contributed by atoms with E-state index in [9.17, 15) is 9.59 Å². The Morgan fingerprint density at radius 1 is 0.880 bits per heavy atom. The first kappa shape index (κ1) is 20.8. The highest BCUT2D eigenvalue weighted by Crippen LogP contribution is 2.26. The summed E-state index contributed by atoms with van der Waals surface area (Å²) in [7, 11) is 3.13. The second kappa shape index (κ2) is 9.26. The van der Waals surface area contributed by atoms with Crippen molar-refractivity contribution in [2.24, 2.45) is 0 Å². The van der Waals surface area contributed by atoms with Crippen LogP contribution in [0.5, 0.6) is 11.5 Å². The average Bonchev–Trinajstić information content (AvgIpc) is 2.56. The van der Waals surface area contributed by atoms with Crippen LogP contribution in [0.3, 0.4) is 0 Å². The molecule has 2 aromatic carbocycles. The van der Waals surface area contributed by atoms with E-state index in [0.29, 0.717) is 34.0 Å². The number of halogens is 1. The van der Waals surface area contributed by atoms with E-state index >= 15 is 0 Å². The Balaban J connectivity index is 0.000000251. The summed E-state index contributed by atoms with van der Waals surface area (Å²) < 4.78 is 10.9. The molecule has 0 aliphatic carbocycles. The summed E-state index contributed by atoms with van der Waals surface area (Å²) in [5, 5.41) is 0. The number of Topliss-reactive ketones (excluding diaryl/α,β-unsaturated/α-hetero) is 2. The van der Waals surface area contributed by atoms with Gasteiger partial charge in [0, 0.05) is 34.6 Å². The second-order valence-corrected chi connectivity index (χ2v) is 6.30. The summed E-state index contributed by atoms with van der Waals surface area (Å²) in [5.41, 5.74) is 13.3. The van der Waals surface area contributed by atoms with Crippen LogP contribution < -0.4 is 20.9 Å². The molecule has 4 N–H and O–H groups in total. The molecule has 25 heavy (non-hydrogen) atoms. The maximum atomic E-state index is 11.1. The minimum Gasteiger partial charge on any atom is -0.497 e. The van der Waals surface area contributed by atoms with E-state index in [-0.39, 0.29) is 11.6 Å². The quantitative estimate of drug-likeness (QED) is 0.414. The number of ketones is 2. The molecule has 7 heteroatoms. The monoisotopic (exact) mass is 456 g/mol. The number of nitrogen functional groups attached to an aromatic ring is 2. The summed E-state index contributed by atoms with van der Waals surface area (Å²) in [6, 6.07) is 8.41. The van der Waals surface area contributed by atoms with Crippen molar-refractivity contribution in [3.63, 3.8) is 0 Å². The number of carbonyl (C=O) groups is 2. The normalized spacial score (nSPS) is 9.64. The Kier molecular flexibility index (Phi) is 7.69. The maximum absolute atomic E-state index is 11.1. The Labute approximate surface area is 160 Å². The Morgan fingerprint density at radius 3 is 1.88 bits per heavy atom. The molecular weight excluding hydrogens is 435 g/mol. The van der Waals surface area contributed by atoms with Crippen LogP contribution in [-0.4, -0.2) is 25.8 Å². The number of methoxy groups -OCH3 is 2. The first-order chi connectivity index (χ1) is 11.7. The van der Waals surface area contributed by atoms with Crippen LogP contribution in [0.25, 0.3) is 0 Å². The van der Waals surface area contributed by atoms with Gasteiger partial charge in [-0.25, -0.2) is 0 Å². The van der Waals surface area contributed by atoms with Crippen LogP contribution in [0.4, 0.5) is 11.4 Å². The van der Waals surface area contributed by atoms with Gasteiger partial charge >= 0.3 is 0 Å². The Bertz CT molecular complexity index is 791. The van der Waals surface area contributed by atoms with Crippen molar-refractivity contribution in [1.29, 1.82) is 0 Å². The molecule has 0 unspecified atom stereocenters. The lowest BCUT2D eigenvalue weighted by Gasteiger charge is -2.07. The van der Waals surface area contributed by atoms with Crippen molar-refractivity contribution in [1.82, 2.24) is 0 Å². The summed E-state index contributed by atoms with van der Waals surface area (Å²) in [6.07, 6.45) is 0. The molecule has 0 atom stereocenters. The highest BCUT2D eigenvalue weighted by atomic mass is 127. The van der Waals surface area contributed by atoms with Crippen LogP contribution >= 0.6 is 22.6 Å². The number of hydrogen-bond acceptors (Lipinski definition) is 6. The molecule has 0 saturated heterocycles. The lowest BCUT2D eigenvalue weighted by molar-refractivity contribution is 0.101. The molecule has 0 bridgehead atoms. The molecule has 2 rings (SSSR count). The molecule has 2 aromatic rings. The zero-order valence-electron chi connectivity index (χ0n) is 14.6. The number of benzene rings is 2. The smallest absolute Gasteiger partial charge is 0.161 e. The van der Waals surface area contributed by atoms with Gasteiger partial charge in [-0.05, 0) is 54.6 Å². The summed E-state index contributed by atoms with van der Waals surface area (Å²) in [5.74, 6) is 1.30. The minimum atomic E-state index is -0.0323. The summed E-state index contributed by atoms with van der Waals surface area (Å²) in [4.78, 5) is 22.0. The van der Waals surface area contributed by atoms with Crippen LogP contribution in [0.15, 0.2) is 30.3 Å². The van der Waals surface area contributed by atoms with E-state index in [1.54, 1.807) is 44.6 Å². The zero-order chi connectivity index (χ0) is 19.1. The second-order valence-electron chi connectivity index (χ2n) is 5.14. The number of nitrogens with two attached hydrogens (primary N) is 2. The third-order valence-corrected chi connectivity index (χ3v) is 4.18. The van der Waals surface area contributed by atoms with Gasteiger partial charge in [0.15, 0.2) is 11.6 Å². The van der Waals surface area contributed by atoms with Gasteiger partial charge in [-0.15, -0.1) is 0 Å². The largest absolute Gasteiger partial charge is 0.497 e. The molecule has 0 amide bonds. The summed E-state index contributed by atoms with van der Waals surface area (Å²) in [6.45, 7) is 2.98. The predicted molar refractivity (Wildman–Crippen MR) is 108 cm³/mol. The van der Waals surface area contributed by atoms with Crippen molar-refractivity contribution < 1.29 is 19.1 Å². The number of anilines is 2. The number of carbonyl (C=O) groups excluding carboxylic acids is 2. The van der Waals surface area contributed by atoms with E-state index in [1.165, 1.54) is 13.8 Å². The van der Waals surface area contributed by atoms with Gasteiger partial charge in [0.1, 0.15) is 11.5 Å². The topological polar surface area (TPSA) is 105 Å². The first-order valence-corrected chi connectivity index (χ1v) is 8.37. The van der Waals surface area contributed by atoms with Gasteiger partial charge in [-0.3, -0.25) is 9.59 Å². The molecule has 0 aliphatic rings. The molecule has 0 aliphatic heterocycles. The minimum absolute atomic E-state index is 0.0296. The third kappa shape index (κ3) is 5.63. The van der Waals surface area contributed by atoms with Crippen molar-refractivity contribution in [2.75, 3.05) is 25.7 Å². The zero-order valence-corrected chi connectivity index (χ0v) is 16.7. The fraction of sp³-hybridized carbons (Fsp3) is 0.222. The lowest BCUT2D eigenvalue weighted by Crippen LogP contribution is -2.01. The van der Waals surface area contributed by atoms with Gasteiger partial charge in [0.05, 0.1) is 17.8 Å². The van der Waals surface area contributed by atoms with Crippen LogP contribution in [-0.2, 0) is 0 Å². The molecule has 0 fully saturated rings. The highest BCUT2D eigenvalue weighted by molar-refractivity contribution is 14.1. The van der Waals surface area contributed by atoms with Gasteiger partial charge in [-0.2, -0.15) is 0 Å². The van der Waals surface area contributed by atoms with E-state index in [4.69, 9.17) is 20.9 Å². The molecule has 0 radical (unpaired) electrons. The lowest BCUT2D eigenvalue weighted by atomic mass is 10.1. The van der Waals surface area contributed by atoms with Crippen molar-refractivity contribution in [3.05, 3.63) is 45.0 Å². The molecule has 0 spiro atoms. The third-order valence-electron chi connectivity index (χ3n) is 3.34.